The number of unbranched alkanes of at least 4 members (excludes halogenated alkanes) is 7. The van der Waals surface area contributed by atoms with Gasteiger partial charge in [-0.1, -0.05) is 51.9 Å². The molecule has 0 saturated heterocycles. The van der Waals surface area contributed by atoms with Gasteiger partial charge in [0.25, 0.3) is 0 Å². The molecule has 1 rings (SSSR count). The van der Waals surface area contributed by atoms with Crippen molar-refractivity contribution in [2.75, 3.05) is 144 Å². The molecule has 1 amide bonds. The Balaban J connectivity index is 1.64. The molecule has 298 valence electrons. The van der Waals surface area contributed by atoms with Crippen LogP contribution in [0.2, 0.25) is 0 Å². The summed E-state index contributed by atoms with van der Waals surface area (Å²) in [5.41, 5.74) is 0.734. The van der Waals surface area contributed by atoms with Crippen LogP contribution < -0.4 is 10.1 Å². The standard InChI is InChI=1S/C38H69NO12/c1-3-4-5-6-7-8-9-10-15-41-16-17-42-18-19-43-20-21-44-22-23-45-24-25-46-26-27-47-28-29-48-30-31-49-32-33-50-34-35-51-38-13-11-37(12-14-38)39-36(2)40/h11-14H,3-10,15-35H2,1-2H3,(H,39,40). The van der Waals surface area contributed by atoms with Gasteiger partial charge in [-0.05, 0) is 30.7 Å². The second-order valence-corrected chi connectivity index (χ2v) is 11.7. The average Bonchev–Trinajstić information content (AvgIpc) is 3.13. The van der Waals surface area contributed by atoms with Crippen LogP contribution in [0.4, 0.5) is 5.69 Å². The van der Waals surface area contributed by atoms with Crippen molar-refractivity contribution in [1.29, 1.82) is 0 Å². The first kappa shape index (κ1) is 47.1. The van der Waals surface area contributed by atoms with Gasteiger partial charge in [-0.3, -0.25) is 4.79 Å². The number of rotatable bonds is 41. The first-order valence-electron chi connectivity index (χ1n) is 19.0. The minimum absolute atomic E-state index is 0.106. The molecule has 0 saturated carbocycles. The number of hydrogen-bond donors (Lipinski definition) is 1. The molecule has 0 spiro atoms. The van der Waals surface area contributed by atoms with Crippen molar-refractivity contribution < 1.29 is 56.9 Å². The highest BCUT2D eigenvalue weighted by Gasteiger charge is 1.99. The van der Waals surface area contributed by atoms with E-state index in [4.69, 9.17) is 52.1 Å². The minimum atomic E-state index is -0.106. The minimum Gasteiger partial charge on any atom is -0.491 e. The molecule has 0 atom stereocenters. The van der Waals surface area contributed by atoms with Gasteiger partial charge in [0.2, 0.25) is 5.91 Å². The number of hydrogen-bond acceptors (Lipinski definition) is 12. The summed E-state index contributed by atoms with van der Waals surface area (Å²) in [6, 6.07) is 7.19. The molecule has 13 heteroatoms. The summed E-state index contributed by atoms with van der Waals surface area (Å²) in [7, 11) is 0. The fourth-order valence-corrected chi connectivity index (χ4v) is 4.48. The number of anilines is 1. The number of ether oxygens (including phenoxy) is 11. The van der Waals surface area contributed by atoms with Gasteiger partial charge in [0.1, 0.15) is 12.4 Å². The Bertz CT molecular complexity index is 849. The predicted octanol–water partition coefficient (Wildman–Crippen LogP) is 5.33. The van der Waals surface area contributed by atoms with Crippen LogP contribution in [0.15, 0.2) is 24.3 Å². The highest BCUT2D eigenvalue weighted by atomic mass is 16.6. The molecule has 1 N–H and O–H groups in total. The van der Waals surface area contributed by atoms with Gasteiger partial charge in [0.15, 0.2) is 0 Å². The van der Waals surface area contributed by atoms with Crippen molar-refractivity contribution in [3.8, 4) is 5.75 Å². The van der Waals surface area contributed by atoms with Crippen molar-refractivity contribution in [3.05, 3.63) is 24.3 Å². The lowest BCUT2D eigenvalue weighted by Gasteiger charge is -2.09. The molecule has 1 aromatic carbocycles. The van der Waals surface area contributed by atoms with Crippen molar-refractivity contribution in [2.45, 2.75) is 65.2 Å². The topological polar surface area (TPSA) is 131 Å². The summed E-state index contributed by atoms with van der Waals surface area (Å²) in [6.07, 6.45) is 10.5. The van der Waals surface area contributed by atoms with Crippen LogP contribution >= 0.6 is 0 Å². The molecule has 0 bridgehead atoms. The zero-order valence-electron chi connectivity index (χ0n) is 31.7. The highest BCUT2D eigenvalue weighted by molar-refractivity contribution is 5.88. The van der Waals surface area contributed by atoms with E-state index in [1.807, 2.05) is 0 Å². The zero-order chi connectivity index (χ0) is 36.6. The Kier molecular flexibility index (Phi) is 36.3. The molecule has 0 aromatic heterocycles. The number of amides is 1. The van der Waals surface area contributed by atoms with E-state index >= 15 is 0 Å². The molecule has 1 aromatic rings. The summed E-state index contributed by atoms with van der Waals surface area (Å²) in [4.78, 5) is 11.0. The van der Waals surface area contributed by atoms with Crippen molar-refractivity contribution in [2.24, 2.45) is 0 Å². The van der Waals surface area contributed by atoms with E-state index in [-0.39, 0.29) is 5.91 Å². The molecule has 0 aliphatic heterocycles. The van der Waals surface area contributed by atoms with Crippen LogP contribution in [0.3, 0.4) is 0 Å². The maximum Gasteiger partial charge on any atom is 0.221 e. The molecule has 51 heavy (non-hydrogen) atoms. The normalized spacial score (nSPS) is 11.3. The number of carbonyl (C=O) groups excluding carboxylic acids is 1. The Morgan fingerprint density at radius 1 is 0.412 bits per heavy atom. The van der Waals surface area contributed by atoms with Crippen LogP contribution in [-0.4, -0.2) is 145 Å². The molecule has 0 aliphatic rings. The van der Waals surface area contributed by atoms with Crippen molar-refractivity contribution >= 4 is 11.6 Å². The van der Waals surface area contributed by atoms with Crippen molar-refractivity contribution in [3.63, 3.8) is 0 Å². The van der Waals surface area contributed by atoms with Crippen molar-refractivity contribution in [1.82, 2.24) is 0 Å². The second kappa shape index (κ2) is 39.3. The third-order valence-electron chi connectivity index (χ3n) is 7.16. The summed E-state index contributed by atoms with van der Waals surface area (Å²) in [5, 5.41) is 2.71. The Morgan fingerprint density at radius 2 is 0.706 bits per heavy atom. The smallest absolute Gasteiger partial charge is 0.221 e. The van der Waals surface area contributed by atoms with E-state index in [1.165, 1.54) is 51.9 Å². The van der Waals surface area contributed by atoms with Gasteiger partial charge in [0.05, 0.1) is 126 Å². The fraction of sp³-hybridized carbons (Fsp3) is 0.816. The zero-order valence-corrected chi connectivity index (χ0v) is 31.7. The van der Waals surface area contributed by atoms with E-state index in [9.17, 15) is 4.79 Å². The van der Waals surface area contributed by atoms with Crippen LogP contribution in [0, 0.1) is 0 Å². The monoisotopic (exact) mass is 731 g/mol. The molecule has 0 aliphatic carbocycles. The second-order valence-electron chi connectivity index (χ2n) is 11.7. The fourth-order valence-electron chi connectivity index (χ4n) is 4.48. The Morgan fingerprint density at radius 3 is 1.04 bits per heavy atom. The van der Waals surface area contributed by atoms with E-state index in [1.54, 1.807) is 24.3 Å². The van der Waals surface area contributed by atoms with E-state index in [2.05, 4.69) is 12.2 Å². The van der Waals surface area contributed by atoms with Crippen LogP contribution in [-0.2, 0) is 52.2 Å². The highest BCUT2D eigenvalue weighted by Crippen LogP contribution is 2.15. The summed E-state index contributed by atoms with van der Waals surface area (Å²) in [6.45, 7) is 14.9. The lowest BCUT2D eigenvalue weighted by molar-refractivity contribution is -0.114. The summed E-state index contributed by atoms with van der Waals surface area (Å²) in [5.74, 6) is 0.613. The van der Waals surface area contributed by atoms with E-state index in [0.717, 1.165) is 24.5 Å². The summed E-state index contributed by atoms with van der Waals surface area (Å²) < 4.78 is 60.8. The van der Waals surface area contributed by atoms with E-state index in [0.29, 0.717) is 132 Å². The number of benzene rings is 1. The third kappa shape index (κ3) is 36.2. The summed E-state index contributed by atoms with van der Waals surface area (Å²) >= 11 is 0. The molecular formula is C38H69NO12. The molecule has 0 heterocycles. The van der Waals surface area contributed by atoms with Gasteiger partial charge in [-0.2, -0.15) is 0 Å². The largest absolute Gasteiger partial charge is 0.491 e. The predicted molar refractivity (Wildman–Crippen MR) is 197 cm³/mol. The van der Waals surface area contributed by atoms with Gasteiger partial charge in [0, 0.05) is 19.2 Å². The Labute approximate surface area is 307 Å². The first-order valence-corrected chi connectivity index (χ1v) is 19.0. The lowest BCUT2D eigenvalue weighted by Crippen LogP contribution is -2.15. The molecular weight excluding hydrogens is 662 g/mol. The van der Waals surface area contributed by atoms with Crippen LogP contribution in [0.1, 0.15) is 65.2 Å². The maximum absolute atomic E-state index is 11.0. The number of carbonyl (C=O) groups is 1. The third-order valence-corrected chi connectivity index (χ3v) is 7.16. The molecule has 0 fully saturated rings. The van der Waals surface area contributed by atoms with Gasteiger partial charge in [-0.25, -0.2) is 0 Å². The molecule has 13 nitrogen and oxygen atoms in total. The van der Waals surface area contributed by atoms with Gasteiger partial charge >= 0.3 is 0 Å². The SMILES string of the molecule is CCCCCCCCCCOCCOCCOCCOCCOCCOCCOCCOCCOCCOCCOc1ccc(NC(C)=O)cc1. The molecule has 0 radical (unpaired) electrons. The van der Waals surface area contributed by atoms with Gasteiger partial charge in [-0.15, -0.1) is 0 Å². The average molecular weight is 732 g/mol. The van der Waals surface area contributed by atoms with Crippen LogP contribution in [0.25, 0.3) is 0 Å². The van der Waals surface area contributed by atoms with Crippen LogP contribution in [0.5, 0.6) is 5.75 Å². The van der Waals surface area contributed by atoms with E-state index < -0.39 is 0 Å². The maximum atomic E-state index is 11.0. The molecule has 0 unspecified atom stereocenters. The first-order chi connectivity index (χ1) is 25.2. The number of nitrogens with one attached hydrogen (secondary N) is 1. The van der Waals surface area contributed by atoms with Gasteiger partial charge < -0.3 is 57.4 Å². The Hall–Kier alpha value is -1.91. The quantitative estimate of drug-likeness (QED) is 0.0874. The lowest BCUT2D eigenvalue weighted by atomic mass is 10.1.